The summed E-state index contributed by atoms with van der Waals surface area (Å²) < 4.78 is 13.0. The maximum Gasteiger partial charge on any atom is 0.254 e. The van der Waals surface area contributed by atoms with Gasteiger partial charge in [0.15, 0.2) is 0 Å². The van der Waals surface area contributed by atoms with Gasteiger partial charge < -0.3 is 5.32 Å². The number of amides is 1. The SMILES string of the molecule is N#Cc1cccc(CNC(=O)c2cc(F)cnc2Cl)c1. The first-order valence-electron chi connectivity index (χ1n) is 5.68. The van der Waals surface area contributed by atoms with Gasteiger partial charge in [0.05, 0.1) is 23.4 Å². The lowest BCUT2D eigenvalue weighted by atomic mass is 10.1. The molecule has 0 saturated heterocycles. The quantitative estimate of drug-likeness (QED) is 0.884. The van der Waals surface area contributed by atoms with E-state index in [0.717, 1.165) is 17.8 Å². The van der Waals surface area contributed by atoms with Crippen LogP contribution in [0.4, 0.5) is 4.39 Å². The average Bonchev–Trinajstić information content (AvgIpc) is 2.47. The van der Waals surface area contributed by atoms with Crippen LogP contribution in [0.5, 0.6) is 0 Å². The molecule has 0 fully saturated rings. The zero-order valence-corrected chi connectivity index (χ0v) is 11.0. The molecule has 4 nitrogen and oxygen atoms in total. The molecule has 100 valence electrons. The predicted molar refractivity (Wildman–Crippen MR) is 71.5 cm³/mol. The number of nitrogens with zero attached hydrogens (tertiary/aromatic N) is 2. The molecule has 1 heterocycles. The van der Waals surface area contributed by atoms with E-state index >= 15 is 0 Å². The number of nitriles is 1. The van der Waals surface area contributed by atoms with Crippen LogP contribution in [0, 0.1) is 17.1 Å². The van der Waals surface area contributed by atoms with Gasteiger partial charge in [-0.2, -0.15) is 5.26 Å². The number of benzene rings is 1. The lowest BCUT2D eigenvalue weighted by Gasteiger charge is -2.06. The summed E-state index contributed by atoms with van der Waals surface area (Å²) in [7, 11) is 0. The highest BCUT2D eigenvalue weighted by molar-refractivity contribution is 6.32. The Morgan fingerprint density at radius 1 is 1.45 bits per heavy atom. The van der Waals surface area contributed by atoms with Crippen molar-refractivity contribution in [3.8, 4) is 6.07 Å². The topological polar surface area (TPSA) is 65.8 Å². The van der Waals surface area contributed by atoms with E-state index in [1.807, 2.05) is 6.07 Å². The minimum absolute atomic E-state index is 0.0249. The Labute approximate surface area is 119 Å². The van der Waals surface area contributed by atoms with Crippen LogP contribution in [0.3, 0.4) is 0 Å². The molecule has 6 heteroatoms. The van der Waals surface area contributed by atoms with Crippen molar-refractivity contribution in [2.75, 3.05) is 0 Å². The number of halogens is 2. The molecule has 0 aliphatic heterocycles. The van der Waals surface area contributed by atoms with E-state index in [-0.39, 0.29) is 17.3 Å². The Kier molecular flexibility index (Phi) is 4.28. The molecular weight excluding hydrogens is 281 g/mol. The first-order chi connectivity index (χ1) is 9.60. The van der Waals surface area contributed by atoms with Crippen LogP contribution < -0.4 is 5.32 Å². The van der Waals surface area contributed by atoms with Gasteiger partial charge in [-0.1, -0.05) is 23.7 Å². The standard InChI is InChI=1S/C14H9ClFN3O/c15-13-12(5-11(16)8-18-13)14(20)19-7-10-3-1-2-9(4-10)6-17/h1-5,8H,7H2,(H,19,20). The molecule has 2 aromatic rings. The molecule has 0 aliphatic rings. The molecular formula is C14H9ClFN3O. The molecule has 0 saturated carbocycles. The van der Waals surface area contributed by atoms with Gasteiger partial charge in [0.2, 0.25) is 0 Å². The number of carbonyl (C=O) groups is 1. The molecule has 0 atom stereocenters. The Morgan fingerprint density at radius 3 is 3.00 bits per heavy atom. The molecule has 1 N–H and O–H groups in total. The maximum absolute atomic E-state index is 13.0. The zero-order valence-electron chi connectivity index (χ0n) is 10.2. The minimum atomic E-state index is -0.633. The summed E-state index contributed by atoms with van der Waals surface area (Å²) in [5.41, 5.74) is 1.24. The normalized spacial score (nSPS) is 9.85. The largest absolute Gasteiger partial charge is 0.348 e. The van der Waals surface area contributed by atoms with E-state index in [2.05, 4.69) is 10.3 Å². The fourth-order valence-corrected chi connectivity index (χ4v) is 1.80. The Hall–Kier alpha value is -2.45. The van der Waals surface area contributed by atoms with Crippen molar-refractivity contribution < 1.29 is 9.18 Å². The van der Waals surface area contributed by atoms with E-state index in [0.29, 0.717) is 5.56 Å². The highest BCUT2D eigenvalue weighted by atomic mass is 35.5. The summed E-state index contributed by atoms with van der Waals surface area (Å²) in [6.07, 6.45) is 0.940. The number of carbonyl (C=O) groups excluding carboxylic acids is 1. The van der Waals surface area contributed by atoms with E-state index < -0.39 is 11.7 Å². The molecule has 1 aromatic heterocycles. The van der Waals surface area contributed by atoms with Crippen LogP contribution in [-0.4, -0.2) is 10.9 Å². The van der Waals surface area contributed by atoms with Crippen LogP contribution in [0.2, 0.25) is 5.15 Å². The minimum Gasteiger partial charge on any atom is -0.348 e. The maximum atomic E-state index is 13.0. The van der Waals surface area contributed by atoms with Crippen molar-refractivity contribution in [1.82, 2.24) is 10.3 Å². The molecule has 1 aromatic carbocycles. The number of nitrogens with one attached hydrogen (secondary N) is 1. The molecule has 2 rings (SSSR count). The van der Waals surface area contributed by atoms with Crippen molar-refractivity contribution in [3.63, 3.8) is 0 Å². The van der Waals surface area contributed by atoms with Crippen molar-refractivity contribution in [3.05, 3.63) is 64.2 Å². The smallest absolute Gasteiger partial charge is 0.254 e. The highest BCUT2D eigenvalue weighted by Crippen LogP contribution is 2.14. The van der Waals surface area contributed by atoms with Crippen LogP contribution in [0.15, 0.2) is 36.5 Å². The fourth-order valence-electron chi connectivity index (χ4n) is 1.61. The third-order valence-corrected chi connectivity index (χ3v) is 2.86. The fraction of sp³-hybridized carbons (Fsp3) is 0.0714. The Bertz CT molecular complexity index is 697. The van der Waals surface area contributed by atoms with E-state index in [9.17, 15) is 9.18 Å². The first kappa shape index (κ1) is 14.0. The van der Waals surface area contributed by atoms with Crippen molar-refractivity contribution in [2.45, 2.75) is 6.54 Å². The van der Waals surface area contributed by atoms with Crippen LogP contribution in [-0.2, 0) is 6.54 Å². The highest BCUT2D eigenvalue weighted by Gasteiger charge is 2.12. The van der Waals surface area contributed by atoms with Gasteiger partial charge in [-0.25, -0.2) is 9.37 Å². The molecule has 1 amide bonds. The van der Waals surface area contributed by atoms with Gasteiger partial charge >= 0.3 is 0 Å². The molecule has 0 aliphatic carbocycles. The molecule has 0 unspecified atom stereocenters. The van der Waals surface area contributed by atoms with Crippen LogP contribution in [0.1, 0.15) is 21.5 Å². The lowest BCUT2D eigenvalue weighted by molar-refractivity contribution is 0.0950. The van der Waals surface area contributed by atoms with Gasteiger partial charge in [0, 0.05) is 6.54 Å². The van der Waals surface area contributed by atoms with Gasteiger partial charge in [0.25, 0.3) is 5.91 Å². The second kappa shape index (κ2) is 6.13. The van der Waals surface area contributed by atoms with E-state index in [1.54, 1.807) is 24.3 Å². The summed E-state index contributed by atoms with van der Waals surface area (Å²) in [5, 5.41) is 11.3. The average molecular weight is 290 g/mol. The predicted octanol–water partition coefficient (Wildman–Crippen LogP) is 2.68. The number of rotatable bonds is 3. The Balaban J connectivity index is 2.09. The summed E-state index contributed by atoms with van der Waals surface area (Å²) in [5.74, 6) is -1.16. The monoisotopic (exact) mass is 289 g/mol. The lowest BCUT2D eigenvalue weighted by Crippen LogP contribution is -2.23. The molecule has 20 heavy (non-hydrogen) atoms. The van der Waals surface area contributed by atoms with E-state index in [1.165, 1.54) is 0 Å². The third-order valence-electron chi connectivity index (χ3n) is 2.56. The summed E-state index contributed by atoms with van der Waals surface area (Å²) in [6, 6.07) is 9.85. The first-order valence-corrected chi connectivity index (χ1v) is 6.06. The van der Waals surface area contributed by atoms with Gasteiger partial charge in [-0.05, 0) is 23.8 Å². The second-order valence-electron chi connectivity index (χ2n) is 3.99. The van der Waals surface area contributed by atoms with Crippen LogP contribution in [0.25, 0.3) is 0 Å². The second-order valence-corrected chi connectivity index (χ2v) is 4.34. The van der Waals surface area contributed by atoms with Gasteiger partial charge in [0.1, 0.15) is 11.0 Å². The summed E-state index contributed by atoms with van der Waals surface area (Å²) >= 11 is 5.74. The van der Waals surface area contributed by atoms with Gasteiger partial charge in [-0.15, -0.1) is 0 Å². The third kappa shape index (κ3) is 3.31. The summed E-state index contributed by atoms with van der Waals surface area (Å²) in [6.45, 7) is 0.210. The Morgan fingerprint density at radius 2 is 2.25 bits per heavy atom. The molecule has 0 bridgehead atoms. The van der Waals surface area contributed by atoms with Crippen molar-refractivity contribution >= 4 is 17.5 Å². The zero-order chi connectivity index (χ0) is 14.5. The number of pyridine rings is 1. The van der Waals surface area contributed by atoms with Crippen molar-refractivity contribution in [2.24, 2.45) is 0 Å². The van der Waals surface area contributed by atoms with E-state index in [4.69, 9.17) is 16.9 Å². The molecule has 0 spiro atoms. The number of hydrogen-bond donors (Lipinski definition) is 1. The van der Waals surface area contributed by atoms with Gasteiger partial charge in [-0.3, -0.25) is 4.79 Å². The summed E-state index contributed by atoms with van der Waals surface area (Å²) in [4.78, 5) is 15.4. The van der Waals surface area contributed by atoms with Crippen LogP contribution >= 0.6 is 11.6 Å². The number of hydrogen-bond acceptors (Lipinski definition) is 3. The molecule has 0 radical (unpaired) electrons. The van der Waals surface area contributed by atoms with Crippen molar-refractivity contribution in [1.29, 1.82) is 5.26 Å². The number of aromatic nitrogens is 1.